The highest BCUT2D eigenvalue weighted by atomic mass is 32.2. The van der Waals surface area contributed by atoms with Crippen LogP contribution in [0.1, 0.15) is 56.7 Å². The summed E-state index contributed by atoms with van der Waals surface area (Å²) in [6, 6.07) is 20.0. The summed E-state index contributed by atoms with van der Waals surface area (Å²) in [4.78, 5) is 2.58. The van der Waals surface area contributed by atoms with Crippen molar-refractivity contribution in [3.05, 3.63) is 71.3 Å². The van der Waals surface area contributed by atoms with Crippen molar-refractivity contribution in [2.45, 2.75) is 69.2 Å². The van der Waals surface area contributed by atoms with Crippen LogP contribution in [-0.4, -0.2) is 33.3 Å². The average molecular weight is 411 g/mol. The number of piperidine rings is 1. The normalized spacial score (nSPS) is 23.0. The van der Waals surface area contributed by atoms with Gasteiger partial charge in [0.25, 0.3) is 0 Å². The van der Waals surface area contributed by atoms with Crippen LogP contribution in [0.4, 0.5) is 0 Å². The van der Waals surface area contributed by atoms with Gasteiger partial charge >= 0.3 is 0 Å². The van der Waals surface area contributed by atoms with Crippen LogP contribution in [0.3, 0.4) is 0 Å². The standard InChI is InChI=1S/C25H34N2OS/c1-24(2,3)29(28)26-23-14-13-21-11-7-8-12-22(21)25(23)15-17-27(18-16-25)19-20-9-5-4-6-10-20/h4-12,23,26H,13-19H2,1-3H3/t23-,29-/m1/s1. The third-order valence-electron chi connectivity index (χ3n) is 6.73. The SMILES string of the molecule is CC(C)(C)[S@@+]([O-])N[C@@H]1CCc2ccccc2C12CCN(Cc1ccccc1)CC2. The number of nitrogens with one attached hydrogen (secondary N) is 1. The van der Waals surface area contributed by atoms with Crippen LogP contribution in [0.15, 0.2) is 54.6 Å². The lowest BCUT2D eigenvalue weighted by Gasteiger charge is -2.50. The molecular formula is C25H34N2OS. The Morgan fingerprint density at radius 3 is 2.38 bits per heavy atom. The Morgan fingerprint density at radius 2 is 1.69 bits per heavy atom. The highest BCUT2D eigenvalue weighted by Crippen LogP contribution is 2.45. The summed E-state index contributed by atoms with van der Waals surface area (Å²) >= 11 is -1.04. The fourth-order valence-corrected chi connectivity index (χ4v) is 5.99. The minimum absolute atomic E-state index is 0.0863. The molecule has 3 nitrogen and oxygen atoms in total. The Labute approximate surface area is 179 Å². The van der Waals surface area contributed by atoms with E-state index >= 15 is 0 Å². The third-order valence-corrected chi connectivity index (χ3v) is 8.34. The number of hydrogen-bond donors (Lipinski definition) is 1. The van der Waals surface area contributed by atoms with Crippen LogP contribution in [0.2, 0.25) is 0 Å². The van der Waals surface area contributed by atoms with Crippen molar-refractivity contribution in [1.29, 1.82) is 0 Å². The molecule has 1 saturated heterocycles. The molecule has 0 bridgehead atoms. The largest absolute Gasteiger partial charge is 0.598 e. The van der Waals surface area contributed by atoms with Gasteiger partial charge in [0.1, 0.15) is 4.75 Å². The highest BCUT2D eigenvalue weighted by Gasteiger charge is 2.48. The van der Waals surface area contributed by atoms with Crippen molar-refractivity contribution in [3.63, 3.8) is 0 Å². The molecule has 4 heteroatoms. The first-order valence-electron chi connectivity index (χ1n) is 10.9. The monoisotopic (exact) mass is 410 g/mol. The summed E-state index contributed by atoms with van der Waals surface area (Å²) in [5, 5.41) is 0. The Balaban J connectivity index is 1.56. The van der Waals surface area contributed by atoms with Gasteiger partial charge in [0.15, 0.2) is 0 Å². The zero-order valence-corrected chi connectivity index (χ0v) is 18.8. The van der Waals surface area contributed by atoms with Crippen molar-refractivity contribution in [2.24, 2.45) is 0 Å². The predicted octanol–water partition coefficient (Wildman–Crippen LogP) is 4.59. The van der Waals surface area contributed by atoms with E-state index in [1.165, 1.54) is 16.7 Å². The maximum absolute atomic E-state index is 13.0. The minimum Gasteiger partial charge on any atom is -0.598 e. The molecule has 1 aliphatic heterocycles. The summed E-state index contributed by atoms with van der Waals surface area (Å²) in [5.41, 5.74) is 4.46. The van der Waals surface area contributed by atoms with Gasteiger partial charge in [-0.15, -0.1) is 4.72 Å². The van der Waals surface area contributed by atoms with E-state index in [0.29, 0.717) is 0 Å². The van der Waals surface area contributed by atoms with E-state index in [1.54, 1.807) is 0 Å². The maximum Gasteiger partial charge on any atom is 0.136 e. The van der Waals surface area contributed by atoms with Crippen molar-refractivity contribution >= 4 is 11.4 Å². The molecule has 2 aliphatic rings. The number of nitrogens with zero attached hydrogens (tertiary/aromatic N) is 1. The van der Waals surface area contributed by atoms with Crippen LogP contribution >= 0.6 is 0 Å². The molecule has 1 fully saturated rings. The summed E-state index contributed by atoms with van der Waals surface area (Å²) < 4.78 is 16.3. The lowest BCUT2D eigenvalue weighted by molar-refractivity contribution is 0.120. The molecule has 0 amide bonds. The van der Waals surface area contributed by atoms with Gasteiger partial charge < -0.3 is 4.55 Å². The summed E-state index contributed by atoms with van der Waals surface area (Å²) in [5.74, 6) is 0. The number of aryl methyl sites for hydroxylation is 1. The zero-order valence-electron chi connectivity index (χ0n) is 18.0. The Hall–Kier alpha value is -1.33. The molecule has 1 N–H and O–H groups in total. The van der Waals surface area contributed by atoms with E-state index in [0.717, 1.165) is 45.3 Å². The molecule has 0 aromatic heterocycles. The minimum atomic E-state index is -1.04. The summed E-state index contributed by atoms with van der Waals surface area (Å²) in [6.07, 6.45) is 4.38. The number of likely N-dealkylation sites (tertiary alicyclic amines) is 1. The molecule has 1 heterocycles. The maximum atomic E-state index is 13.0. The van der Waals surface area contributed by atoms with Gasteiger partial charge in [0.05, 0.1) is 6.04 Å². The van der Waals surface area contributed by atoms with Crippen LogP contribution in [0, 0.1) is 0 Å². The van der Waals surface area contributed by atoms with E-state index in [9.17, 15) is 4.55 Å². The van der Waals surface area contributed by atoms with Gasteiger partial charge in [0.2, 0.25) is 0 Å². The second-order valence-corrected chi connectivity index (χ2v) is 11.7. The van der Waals surface area contributed by atoms with Crippen molar-refractivity contribution < 1.29 is 4.55 Å². The fourth-order valence-electron chi connectivity index (χ4n) is 5.04. The lowest BCUT2D eigenvalue weighted by atomic mass is 9.62. The number of rotatable bonds is 4. The van der Waals surface area contributed by atoms with Gasteiger partial charge in [-0.3, -0.25) is 4.90 Å². The quantitative estimate of drug-likeness (QED) is 0.750. The smallest absolute Gasteiger partial charge is 0.136 e. The molecule has 1 aliphatic carbocycles. The van der Waals surface area contributed by atoms with E-state index in [4.69, 9.17) is 0 Å². The third kappa shape index (κ3) is 4.41. The van der Waals surface area contributed by atoms with Crippen molar-refractivity contribution in [2.75, 3.05) is 13.1 Å². The van der Waals surface area contributed by atoms with E-state index in [1.807, 2.05) is 0 Å². The number of hydrogen-bond acceptors (Lipinski definition) is 3. The fraction of sp³-hybridized carbons (Fsp3) is 0.520. The van der Waals surface area contributed by atoms with Crippen LogP contribution in [0.5, 0.6) is 0 Å². The second-order valence-electron chi connectivity index (χ2n) is 9.67. The molecule has 0 unspecified atom stereocenters. The first kappa shape index (κ1) is 20.9. The van der Waals surface area contributed by atoms with E-state index in [2.05, 4.69) is 85.0 Å². The van der Waals surface area contributed by atoms with Gasteiger partial charge in [-0.05, 0) is 76.2 Å². The van der Waals surface area contributed by atoms with Gasteiger partial charge in [-0.2, -0.15) is 0 Å². The average Bonchev–Trinajstić information content (AvgIpc) is 2.72. The van der Waals surface area contributed by atoms with E-state index < -0.39 is 11.4 Å². The molecule has 2 aromatic carbocycles. The summed E-state index contributed by atoms with van der Waals surface area (Å²) in [6.45, 7) is 9.36. The van der Waals surface area contributed by atoms with Gasteiger partial charge in [-0.25, -0.2) is 0 Å². The Bertz CT molecular complexity index is 809. The molecule has 29 heavy (non-hydrogen) atoms. The van der Waals surface area contributed by atoms with Gasteiger partial charge in [0, 0.05) is 23.3 Å². The first-order chi connectivity index (χ1) is 13.9. The molecule has 2 aromatic rings. The second kappa shape index (κ2) is 8.43. The number of fused-ring (bicyclic) bond motifs is 2. The highest BCUT2D eigenvalue weighted by molar-refractivity contribution is 7.90. The molecule has 1 spiro atoms. The molecule has 2 atom stereocenters. The molecule has 4 rings (SSSR count). The van der Waals surface area contributed by atoms with Crippen molar-refractivity contribution in [1.82, 2.24) is 9.62 Å². The van der Waals surface area contributed by atoms with Crippen molar-refractivity contribution in [3.8, 4) is 0 Å². The van der Waals surface area contributed by atoms with Gasteiger partial charge in [-0.1, -0.05) is 54.6 Å². The molecule has 156 valence electrons. The van der Waals surface area contributed by atoms with Crippen LogP contribution in [-0.2, 0) is 29.7 Å². The Morgan fingerprint density at radius 1 is 1.03 bits per heavy atom. The zero-order chi connectivity index (χ0) is 20.5. The van der Waals surface area contributed by atoms with E-state index in [-0.39, 0.29) is 16.2 Å². The lowest BCUT2D eigenvalue weighted by Crippen LogP contribution is -2.59. The predicted molar refractivity (Wildman–Crippen MR) is 122 cm³/mol. The first-order valence-corrected chi connectivity index (χ1v) is 12.1. The topological polar surface area (TPSA) is 38.3 Å². The molecule has 0 saturated carbocycles. The number of benzene rings is 2. The summed E-state index contributed by atoms with van der Waals surface area (Å²) in [7, 11) is 0. The van der Waals surface area contributed by atoms with Crippen LogP contribution < -0.4 is 4.72 Å². The molecular weight excluding hydrogens is 376 g/mol. The van der Waals surface area contributed by atoms with Crippen LogP contribution in [0.25, 0.3) is 0 Å². The Kier molecular flexibility index (Phi) is 6.08. The molecule has 0 radical (unpaired) electrons.